The summed E-state index contributed by atoms with van der Waals surface area (Å²) in [5, 5.41) is 3.40. The molecule has 0 aliphatic carbocycles. The maximum Gasteiger partial charge on any atom is 0.272 e. The van der Waals surface area contributed by atoms with Crippen LogP contribution < -0.4 is 5.32 Å². The van der Waals surface area contributed by atoms with Crippen LogP contribution in [-0.4, -0.2) is 71.1 Å². The fraction of sp³-hybridized carbons (Fsp3) is 0.593. The lowest BCUT2D eigenvalue weighted by Crippen LogP contribution is -2.49. The maximum atomic E-state index is 13.3. The molecule has 0 unspecified atom stereocenters. The summed E-state index contributed by atoms with van der Waals surface area (Å²) in [6.07, 6.45) is 5.71. The zero-order valence-electron chi connectivity index (χ0n) is 21.1. The van der Waals surface area contributed by atoms with Crippen molar-refractivity contribution >= 4 is 11.7 Å². The van der Waals surface area contributed by atoms with Crippen LogP contribution in [0.5, 0.6) is 0 Å². The average molecular weight is 466 g/mol. The van der Waals surface area contributed by atoms with Gasteiger partial charge in [0.15, 0.2) is 0 Å². The molecular formula is C27H39N5O2. The van der Waals surface area contributed by atoms with E-state index in [0.29, 0.717) is 30.2 Å². The van der Waals surface area contributed by atoms with Crippen LogP contribution in [0.2, 0.25) is 0 Å². The van der Waals surface area contributed by atoms with Crippen molar-refractivity contribution in [2.24, 2.45) is 0 Å². The highest BCUT2D eigenvalue weighted by molar-refractivity contribution is 5.94. The molecule has 0 saturated carbocycles. The van der Waals surface area contributed by atoms with Gasteiger partial charge in [0.2, 0.25) is 0 Å². The lowest BCUT2D eigenvalue weighted by atomic mass is 9.98. The summed E-state index contributed by atoms with van der Waals surface area (Å²) >= 11 is 0. The molecule has 0 atom stereocenters. The normalized spacial score (nSPS) is 18.0. The number of likely N-dealkylation sites (tertiary alicyclic amines) is 1. The van der Waals surface area contributed by atoms with Crippen molar-refractivity contribution in [3.05, 3.63) is 53.0 Å². The van der Waals surface area contributed by atoms with Gasteiger partial charge in [-0.3, -0.25) is 4.79 Å². The van der Waals surface area contributed by atoms with Crippen LogP contribution in [0.25, 0.3) is 0 Å². The minimum absolute atomic E-state index is 0.0106. The molecule has 2 aliphatic heterocycles. The predicted octanol–water partition coefficient (Wildman–Crippen LogP) is 4.24. The zero-order valence-corrected chi connectivity index (χ0v) is 21.1. The quantitative estimate of drug-likeness (QED) is 0.660. The van der Waals surface area contributed by atoms with Crippen molar-refractivity contribution in [3.63, 3.8) is 0 Å². The minimum Gasteiger partial charge on any atom is -0.381 e. The molecule has 0 radical (unpaired) electrons. The van der Waals surface area contributed by atoms with Gasteiger partial charge in [-0.1, -0.05) is 38.1 Å². The van der Waals surface area contributed by atoms with E-state index in [4.69, 9.17) is 4.74 Å². The second kappa shape index (κ2) is 11.3. The first kappa shape index (κ1) is 24.6. The molecule has 0 spiro atoms. The zero-order chi connectivity index (χ0) is 24.1. The Morgan fingerprint density at radius 3 is 2.38 bits per heavy atom. The highest BCUT2D eigenvalue weighted by Crippen LogP contribution is 2.24. The Morgan fingerprint density at radius 2 is 1.74 bits per heavy atom. The van der Waals surface area contributed by atoms with E-state index in [1.54, 1.807) is 0 Å². The number of ether oxygens (including phenoxy) is 1. The second-order valence-electron chi connectivity index (χ2n) is 9.98. The molecule has 4 rings (SSSR count). The highest BCUT2D eigenvalue weighted by atomic mass is 16.5. The van der Waals surface area contributed by atoms with Crippen LogP contribution in [-0.2, 0) is 11.3 Å². The number of carbonyl (C=O) groups is 1. The number of benzene rings is 1. The Hall–Kier alpha value is -2.51. The summed E-state index contributed by atoms with van der Waals surface area (Å²) in [4.78, 5) is 26.5. The van der Waals surface area contributed by atoms with E-state index in [0.717, 1.165) is 63.4 Å². The number of hydrogen-bond acceptors (Lipinski definition) is 6. The van der Waals surface area contributed by atoms with Crippen molar-refractivity contribution in [2.45, 2.75) is 71.0 Å². The second-order valence-corrected chi connectivity index (χ2v) is 9.98. The molecule has 0 bridgehead atoms. The van der Waals surface area contributed by atoms with Crippen LogP contribution in [0.15, 0.2) is 30.6 Å². The van der Waals surface area contributed by atoms with Gasteiger partial charge in [-0.2, -0.15) is 0 Å². The van der Waals surface area contributed by atoms with Gasteiger partial charge in [0, 0.05) is 50.5 Å². The molecule has 34 heavy (non-hydrogen) atoms. The number of piperidine rings is 1. The molecule has 3 heterocycles. The number of amides is 1. The van der Waals surface area contributed by atoms with Gasteiger partial charge in [-0.05, 0) is 56.7 Å². The first-order valence-corrected chi connectivity index (χ1v) is 12.7. The van der Waals surface area contributed by atoms with Gasteiger partial charge >= 0.3 is 0 Å². The van der Waals surface area contributed by atoms with Crippen LogP contribution in [0.3, 0.4) is 0 Å². The Labute approximate surface area is 203 Å². The molecule has 7 heteroatoms. The molecule has 1 amide bonds. The van der Waals surface area contributed by atoms with Crippen LogP contribution >= 0.6 is 0 Å². The Kier molecular flexibility index (Phi) is 8.16. The summed E-state index contributed by atoms with van der Waals surface area (Å²) in [6.45, 7) is 10.2. The molecule has 184 valence electrons. The van der Waals surface area contributed by atoms with Crippen molar-refractivity contribution in [1.29, 1.82) is 0 Å². The van der Waals surface area contributed by atoms with E-state index in [2.05, 4.69) is 65.3 Å². The fourth-order valence-electron chi connectivity index (χ4n) is 5.07. The van der Waals surface area contributed by atoms with Crippen molar-refractivity contribution < 1.29 is 9.53 Å². The Bertz CT molecular complexity index is 948. The van der Waals surface area contributed by atoms with Gasteiger partial charge in [-0.25, -0.2) is 9.97 Å². The smallest absolute Gasteiger partial charge is 0.272 e. The van der Waals surface area contributed by atoms with Crippen molar-refractivity contribution in [1.82, 2.24) is 19.8 Å². The maximum absolute atomic E-state index is 13.3. The number of rotatable bonds is 7. The molecule has 2 aromatic rings. The fourth-order valence-corrected chi connectivity index (χ4v) is 5.07. The Morgan fingerprint density at radius 1 is 1.09 bits per heavy atom. The third-order valence-electron chi connectivity index (χ3n) is 7.49. The third-order valence-corrected chi connectivity index (χ3v) is 7.49. The van der Waals surface area contributed by atoms with Gasteiger partial charge in [-0.15, -0.1) is 0 Å². The average Bonchev–Trinajstić information content (AvgIpc) is 2.88. The van der Waals surface area contributed by atoms with Gasteiger partial charge in [0.1, 0.15) is 17.8 Å². The van der Waals surface area contributed by atoms with Gasteiger partial charge in [0.05, 0.1) is 0 Å². The third kappa shape index (κ3) is 5.76. The van der Waals surface area contributed by atoms with E-state index >= 15 is 0 Å². The minimum atomic E-state index is 0.0106. The van der Waals surface area contributed by atoms with Gasteiger partial charge in [0.25, 0.3) is 5.91 Å². The first-order valence-electron chi connectivity index (χ1n) is 12.7. The molecule has 2 aliphatic rings. The number of anilines is 1. The highest BCUT2D eigenvalue weighted by Gasteiger charge is 2.31. The van der Waals surface area contributed by atoms with E-state index in [1.165, 1.54) is 17.5 Å². The van der Waals surface area contributed by atoms with Gasteiger partial charge < -0.3 is 19.9 Å². The summed E-state index contributed by atoms with van der Waals surface area (Å²) in [6, 6.07) is 9.76. The number of nitrogens with zero attached hydrogens (tertiary/aromatic N) is 4. The molecule has 2 saturated heterocycles. The van der Waals surface area contributed by atoms with E-state index in [-0.39, 0.29) is 5.91 Å². The number of hydrogen-bond donors (Lipinski definition) is 1. The topological polar surface area (TPSA) is 70.6 Å². The molecule has 1 aromatic carbocycles. The molecule has 1 aromatic heterocycles. The standard InChI is InChI=1S/C27H39N5O2/c1-19(2)22-7-5-21(6-8-22)17-28-26-20(3)25(29-18-30-26)27(33)32-13-9-23(10-14-32)31(4)24-11-15-34-16-12-24/h5-8,18-19,23-24H,9-17H2,1-4H3,(H,28,29,30). The van der Waals surface area contributed by atoms with Crippen LogP contribution in [0.1, 0.15) is 72.6 Å². The Balaban J connectivity index is 1.34. The predicted molar refractivity (Wildman–Crippen MR) is 135 cm³/mol. The molecular weight excluding hydrogens is 426 g/mol. The van der Waals surface area contributed by atoms with E-state index < -0.39 is 0 Å². The summed E-state index contributed by atoms with van der Waals surface area (Å²) in [5.41, 5.74) is 3.83. The van der Waals surface area contributed by atoms with Crippen molar-refractivity contribution in [2.75, 3.05) is 38.7 Å². The summed E-state index contributed by atoms with van der Waals surface area (Å²) in [7, 11) is 2.24. The number of nitrogens with one attached hydrogen (secondary N) is 1. The van der Waals surface area contributed by atoms with E-state index in [9.17, 15) is 4.79 Å². The lowest BCUT2D eigenvalue weighted by molar-refractivity contribution is 0.0151. The first-order chi connectivity index (χ1) is 16.4. The molecule has 2 fully saturated rings. The lowest BCUT2D eigenvalue weighted by Gasteiger charge is -2.41. The van der Waals surface area contributed by atoms with Crippen LogP contribution in [0.4, 0.5) is 5.82 Å². The molecule has 7 nitrogen and oxygen atoms in total. The SMILES string of the molecule is Cc1c(NCc2ccc(C(C)C)cc2)ncnc1C(=O)N1CCC(N(C)C2CCOCC2)CC1. The monoisotopic (exact) mass is 465 g/mol. The number of carbonyl (C=O) groups excluding carboxylic acids is 1. The van der Waals surface area contributed by atoms with E-state index in [1.807, 2.05) is 11.8 Å². The summed E-state index contributed by atoms with van der Waals surface area (Å²) < 4.78 is 5.51. The number of aromatic nitrogens is 2. The molecule has 1 N–H and O–H groups in total. The summed E-state index contributed by atoms with van der Waals surface area (Å²) in [5.74, 6) is 1.25. The van der Waals surface area contributed by atoms with Crippen molar-refractivity contribution in [3.8, 4) is 0 Å². The largest absolute Gasteiger partial charge is 0.381 e. The van der Waals surface area contributed by atoms with Crippen LogP contribution in [0, 0.1) is 6.92 Å².